The SMILES string of the molecule is O=C(c1cccc2c1OCCO2)N1CCN2CCCC2C1. The minimum Gasteiger partial charge on any atom is -0.486 e. The lowest BCUT2D eigenvalue weighted by atomic mass is 10.1. The summed E-state index contributed by atoms with van der Waals surface area (Å²) in [5.41, 5.74) is 0.638. The van der Waals surface area contributed by atoms with Crippen molar-refractivity contribution in [3.8, 4) is 11.5 Å². The first-order valence-corrected chi connectivity index (χ1v) is 7.75. The quantitative estimate of drug-likeness (QED) is 0.783. The van der Waals surface area contributed by atoms with Crippen LogP contribution >= 0.6 is 0 Å². The Balaban J connectivity index is 1.57. The van der Waals surface area contributed by atoms with Crippen LogP contribution in [0.25, 0.3) is 0 Å². The van der Waals surface area contributed by atoms with Gasteiger partial charge in [-0.05, 0) is 31.5 Å². The fourth-order valence-corrected chi connectivity index (χ4v) is 3.59. The van der Waals surface area contributed by atoms with Crippen LogP contribution in [0.3, 0.4) is 0 Å². The van der Waals surface area contributed by atoms with Gasteiger partial charge in [0, 0.05) is 25.7 Å². The number of para-hydroxylation sites is 1. The third-order valence-corrected chi connectivity index (χ3v) is 4.67. The standard InChI is InChI=1S/C16H20N2O3/c19-16(18-8-7-17-6-2-3-12(17)11-18)13-4-1-5-14-15(13)21-10-9-20-14/h1,4-5,12H,2-3,6-11H2. The first-order valence-electron chi connectivity index (χ1n) is 7.75. The van der Waals surface area contributed by atoms with Crippen LogP contribution < -0.4 is 9.47 Å². The van der Waals surface area contributed by atoms with Gasteiger partial charge in [0.15, 0.2) is 11.5 Å². The second kappa shape index (κ2) is 5.22. The van der Waals surface area contributed by atoms with Gasteiger partial charge in [-0.2, -0.15) is 0 Å². The Morgan fingerprint density at radius 3 is 3.00 bits per heavy atom. The molecular formula is C16H20N2O3. The van der Waals surface area contributed by atoms with E-state index in [1.54, 1.807) is 0 Å². The number of amides is 1. The van der Waals surface area contributed by atoms with Crippen LogP contribution in [-0.4, -0.2) is 61.1 Å². The average Bonchev–Trinajstić information content (AvgIpc) is 3.01. The number of carbonyl (C=O) groups is 1. The molecule has 3 aliphatic heterocycles. The number of carbonyl (C=O) groups excluding carboxylic acids is 1. The van der Waals surface area contributed by atoms with E-state index >= 15 is 0 Å². The molecule has 21 heavy (non-hydrogen) atoms. The Labute approximate surface area is 124 Å². The van der Waals surface area contributed by atoms with Crippen molar-refractivity contribution in [3.05, 3.63) is 23.8 Å². The van der Waals surface area contributed by atoms with Gasteiger partial charge in [-0.15, -0.1) is 0 Å². The Hall–Kier alpha value is -1.75. The van der Waals surface area contributed by atoms with Gasteiger partial charge in [0.25, 0.3) is 5.91 Å². The lowest BCUT2D eigenvalue weighted by Crippen LogP contribution is -2.52. The molecule has 1 aromatic rings. The lowest BCUT2D eigenvalue weighted by Gasteiger charge is -2.37. The normalized spacial score (nSPS) is 24.8. The number of benzene rings is 1. The molecule has 0 aromatic heterocycles. The molecule has 5 heteroatoms. The van der Waals surface area contributed by atoms with E-state index in [0.29, 0.717) is 36.3 Å². The van der Waals surface area contributed by atoms with E-state index < -0.39 is 0 Å². The summed E-state index contributed by atoms with van der Waals surface area (Å²) >= 11 is 0. The van der Waals surface area contributed by atoms with Gasteiger partial charge in [-0.25, -0.2) is 0 Å². The van der Waals surface area contributed by atoms with Crippen LogP contribution in [0.2, 0.25) is 0 Å². The largest absolute Gasteiger partial charge is 0.486 e. The number of hydrogen-bond acceptors (Lipinski definition) is 4. The van der Waals surface area contributed by atoms with Crippen LogP contribution in [0.15, 0.2) is 18.2 Å². The molecule has 0 bridgehead atoms. The molecule has 0 aliphatic carbocycles. The second-order valence-electron chi connectivity index (χ2n) is 5.91. The Kier molecular flexibility index (Phi) is 3.22. The number of nitrogens with zero attached hydrogens (tertiary/aromatic N) is 2. The topological polar surface area (TPSA) is 42.0 Å². The van der Waals surface area contributed by atoms with E-state index in [1.807, 2.05) is 23.1 Å². The summed E-state index contributed by atoms with van der Waals surface area (Å²) in [7, 11) is 0. The monoisotopic (exact) mass is 288 g/mol. The zero-order chi connectivity index (χ0) is 14.2. The summed E-state index contributed by atoms with van der Waals surface area (Å²) < 4.78 is 11.2. The molecule has 0 spiro atoms. The average molecular weight is 288 g/mol. The number of fused-ring (bicyclic) bond motifs is 2. The summed E-state index contributed by atoms with van der Waals surface area (Å²) in [5, 5.41) is 0. The third kappa shape index (κ3) is 2.25. The number of rotatable bonds is 1. The molecular weight excluding hydrogens is 268 g/mol. The minimum absolute atomic E-state index is 0.0731. The molecule has 3 heterocycles. The molecule has 3 aliphatic rings. The molecule has 2 fully saturated rings. The zero-order valence-electron chi connectivity index (χ0n) is 12.1. The van der Waals surface area contributed by atoms with Gasteiger partial charge in [0.05, 0.1) is 5.56 Å². The van der Waals surface area contributed by atoms with Crippen molar-refractivity contribution in [3.63, 3.8) is 0 Å². The Bertz CT molecular complexity index is 560. The predicted molar refractivity (Wildman–Crippen MR) is 77.9 cm³/mol. The van der Waals surface area contributed by atoms with Crippen LogP contribution in [0, 0.1) is 0 Å². The van der Waals surface area contributed by atoms with E-state index in [-0.39, 0.29) is 5.91 Å². The van der Waals surface area contributed by atoms with Gasteiger partial charge in [-0.1, -0.05) is 6.07 Å². The van der Waals surface area contributed by atoms with Crippen LogP contribution in [0.4, 0.5) is 0 Å². The third-order valence-electron chi connectivity index (χ3n) is 4.67. The number of piperazine rings is 1. The molecule has 0 N–H and O–H groups in total. The van der Waals surface area contributed by atoms with Crippen LogP contribution in [0.5, 0.6) is 11.5 Å². The summed E-state index contributed by atoms with van der Waals surface area (Å²) in [6, 6.07) is 6.11. The van der Waals surface area contributed by atoms with E-state index in [0.717, 1.165) is 19.6 Å². The first kappa shape index (κ1) is 13.0. The maximum absolute atomic E-state index is 12.8. The van der Waals surface area contributed by atoms with Crippen molar-refractivity contribution < 1.29 is 14.3 Å². The second-order valence-corrected chi connectivity index (χ2v) is 5.91. The maximum atomic E-state index is 12.8. The van der Waals surface area contributed by atoms with Gasteiger partial charge in [-0.3, -0.25) is 9.69 Å². The highest BCUT2D eigenvalue weighted by molar-refractivity contribution is 5.98. The molecule has 112 valence electrons. The summed E-state index contributed by atoms with van der Waals surface area (Å²) in [6.07, 6.45) is 2.46. The van der Waals surface area contributed by atoms with Crippen LogP contribution in [0.1, 0.15) is 23.2 Å². The molecule has 1 unspecified atom stereocenters. The van der Waals surface area contributed by atoms with E-state index in [4.69, 9.17) is 9.47 Å². The van der Waals surface area contributed by atoms with E-state index in [1.165, 1.54) is 19.4 Å². The van der Waals surface area contributed by atoms with Gasteiger partial charge < -0.3 is 14.4 Å². The smallest absolute Gasteiger partial charge is 0.257 e. The number of ether oxygens (including phenoxy) is 2. The highest BCUT2D eigenvalue weighted by atomic mass is 16.6. The summed E-state index contributed by atoms with van der Waals surface area (Å²) in [4.78, 5) is 17.3. The van der Waals surface area contributed by atoms with Gasteiger partial charge >= 0.3 is 0 Å². The minimum atomic E-state index is 0.0731. The van der Waals surface area contributed by atoms with Crippen molar-refractivity contribution >= 4 is 5.91 Å². The highest BCUT2D eigenvalue weighted by Gasteiger charge is 2.34. The summed E-state index contributed by atoms with van der Waals surface area (Å²) in [6.45, 7) is 4.87. The fourth-order valence-electron chi connectivity index (χ4n) is 3.59. The fraction of sp³-hybridized carbons (Fsp3) is 0.562. The van der Waals surface area contributed by atoms with Crippen molar-refractivity contribution in [2.24, 2.45) is 0 Å². The Morgan fingerprint density at radius 2 is 2.05 bits per heavy atom. The van der Waals surface area contributed by atoms with Crippen molar-refractivity contribution in [2.75, 3.05) is 39.4 Å². The molecule has 0 saturated carbocycles. The lowest BCUT2D eigenvalue weighted by molar-refractivity contribution is 0.0563. The van der Waals surface area contributed by atoms with Gasteiger partial charge in [0.1, 0.15) is 13.2 Å². The molecule has 0 radical (unpaired) electrons. The van der Waals surface area contributed by atoms with Crippen LogP contribution in [-0.2, 0) is 0 Å². The molecule has 4 rings (SSSR count). The molecule has 5 nitrogen and oxygen atoms in total. The van der Waals surface area contributed by atoms with Crippen molar-refractivity contribution in [1.82, 2.24) is 9.80 Å². The Morgan fingerprint density at radius 1 is 1.14 bits per heavy atom. The molecule has 1 atom stereocenters. The molecule has 1 amide bonds. The van der Waals surface area contributed by atoms with Gasteiger partial charge in [0.2, 0.25) is 0 Å². The maximum Gasteiger partial charge on any atom is 0.257 e. The molecule has 2 saturated heterocycles. The van der Waals surface area contributed by atoms with Crippen molar-refractivity contribution in [1.29, 1.82) is 0 Å². The van der Waals surface area contributed by atoms with E-state index in [2.05, 4.69) is 4.90 Å². The highest BCUT2D eigenvalue weighted by Crippen LogP contribution is 2.34. The summed E-state index contributed by atoms with van der Waals surface area (Å²) in [5.74, 6) is 1.37. The van der Waals surface area contributed by atoms with E-state index in [9.17, 15) is 4.79 Å². The molecule has 1 aromatic carbocycles. The predicted octanol–water partition coefficient (Wildman–Crippen LogP) is 1.38. The first-order chi connectivity index (χ1) is 10.3. The zero-order valence-corrected chi connectivity index (χ0v) is 12.1. The number of hydrogen-bond donors (Lipinski definition) is 0. The van der Waals surface area contributed by atoms with Crippen molar-refractivity contribution in [2.45, 2.75) is 18.9 Å².